The van der Waals surface area contributed by atoms with Gasteiger partial charge in [-0.15, -0.1) is 0 Å². The molecule has 9 nitrogen and oxygen atoms in total. The number of carboxylic acids is 1. The SMILES string of the molecule is CNC(=O)CNC(=O)N[C@H](Cc1cnc[nH]1)C(=O)O. The summed E-state index contributed by atoms with van der Waals surface area (Å²) in [5, 5.41) is 15.8. The van der Waals surface area contributed by atoms with Crippen molar-refractivity contribution in [3.63, 3.8) is 0 Å². The van der Waals surface area contributed by atoms with Crippen molar-refractivity contribution in [3.05, 3.63) is 18.2 Å². The number of carbonyl (C=O) groups is 3. The summed E-state index contributed by atoms with van der Waals surface area (Å²) in [6.45, 7) is -0.223. The molecular formula is C10H15N5O4. The molecule has 104 valence electrons. The Bertz CT molecular complexity index is 445. The fraction of sp³-hybridized carbons (Fsp3) is 0.400. The number of carbonyl (C=O) groups excluding carboxylic acids is 2. The number of aromatic amines is 1. The fourth-order valence-electron chi connectivity index (χ4n) is 1.27. The number of hydrogen-bond donors (Lipinski definition) is 5. The zero-order valence-corrected chi connectivity index (χ0v) is 10.3. The van der Waals surface area contributed by atoms with Crippen LogP contribution in [0.5, 0.6) is 0 Å². The van der Waals surface area contributed by atoms with Crippen molar-refractivity contribution < 1.29 is 19.5 Å². The van der Waals surface area contributed by atoms with Gasteiger partial charge in [0.05, 0.1) is 12.9 Å². The van der Waals surface area contributed by atoms with E-state index in [0.29, 0.717) is 5.69 Å². The second kappa shape index (κ2) is 6.99. The summed E-state index contributed by atoms with van der Waals surface area (Å²) in [6, 6.07) is -1.83. The van der Waals surface area contributed by atoms with E-state index in [4.69, 9.17) is 5.11 Å². The lowest BCUT2D eigenvalue weighted by molar-refractivity contribution is -0.139. The van der Waals surface area contributed by atoms with Crippen LogP contribution in [0.3, 0.4) is 0 Å². The number of nitrogens with zero attached hydrogens (tertiary/aromatic N) is 1. The fourth-order valence-corrected chi connectivity index (χ4v) is 1.27. The minimum absolute atomic E-state index is 0.0722. The van der Waals surface area contributed by atoms with E-state index in [1.54, 1.807) is 0 Å². The van der Waals surface area contributed by atoms with E-state index < -0.39 is 18.0 Å². The van der Waals surface area contributed by atoms with Gasteiger partial charge in [-0.05, 0) is 0 Å². The van der Waals surface area contributed by atoms with Crippen LogP contribution < -0.4 is 16.0 Å². The number of aromatic nitrogens is 2. The second-order valence-electron chi connectivity index (χ2n) is 3.67. The summed E-state index contributed by atoms with van der Waals surface area (Å²) < 4.78 is 0. The Morgan fingerprint density at radius 1 is 1.47 bits per heavy atom. The maximum atomic E-state index is 11.4. The lowest BCUT2D eigenvalue weighted by Gasteiger charge is -2.14. The molecule has 1 aromatic heterocycles. The maximum absolute atomic E-state index is 11.4. The van der Waals surface area contributed by atoms with Crippen LogP contribution in [0.25, 0.3) is 0 Å². The molecule has 0 radical (unpaired) electrons. The first-order chi connectivity index (χ1) is 9.02. The standard InChI is InChI=1S/C10H15N5O4/c1-11-8(16)4-13-10(19)15-7(9(17)18)2-6-3-12-5-14-6/h3,5,7H,2,4H2,1H3,(H,11,16)(H,12,14)(H,17,18)(H2,13,15,19)/t7-/m1/s1. The molecule has 1 heterocycles. The summed E-state index contributed by atoms with van der Waals surface area (Å²) >= 11 is 0. The van der Waals surface area contributed by atoms with Crippen LogP contribution in [0.2, 0.25) is 0 Å². The molecule has 1 aromatic rings. The first-order valence-electron chi connectivity index (χ1n) is 5.48. The van der Waals surface area contributed by atoms with Crippen LogP contribution in [0.15, 0.2) is 12.5 Å². The smallest absolute Gasteiger partial charge is 0.326 e. The van der Waals surface area contributed by atoms with Gasteiger partial charge >= 0.3 is 12.0 Å². The van der Waals surface area contributed by atoms with Crippen molar-refractivity contribution in [1.82, 2.24) is 25.9 Å². The minimum Gasteiger partial charge on any atom is -0.480 e. The van der Waals surface area contributed by atoms with E-state index in [9.17, 15) is 14.4 Å². The molecule has 0 unspecified atom stereocenters. The number of H-pyrrole nitrogens is 1. The molecule has 5 N–H and O–H groups in total. The monoisotopic (exact) mass is 269 g/mol. The minimum atomic E-state index is -1.18. The molecule has 0 fully saturated rings. The molecule has 0 aliphatic rings. The highest BCUT2D eigenvalue weighted by Crippen LogP contribution is 1.98. The predicted molar refractivity (Wildman–Crippen MR) is 64.3 cm³/mol. The quantitative estimate of drug-likeness (QED) is 0.426. The summed E-state index contributed by atoms with van der Waals surface area (Å²) in [5.41, 5.74) is 0.582. The molecule has 0 spiro atoms. The van der Waals surface area contributed by atoms with E-state index in [0.717, 1.165) is 0 Å². The third-order valence-corrected chi connectivity index (χ3v) is 2.27. The van der Waals surface area contributed by atoms with Crippen LogP contribution in [-0.4, -0.2) is 52.6 Å². The van der Waals surface area contributed by atoms with Gasteiger partial charge < -0.3 is 26.0 Å². The van der Waals surface area contributed by atoms with Crippen molar-refractivity contribution in [2.45, 2.75) is 12.5 Å². The van der Waals surface area contributed by atoms with E-state index in [1.165, 1.54) is 19.6 Å². The highest BCUT2D eigenvalue weighted by molar-refractivity contribution is 5.86. The van der Waals surface area contributed by atoms with Gasteiger partial charge in [-0.3, -0.25) is 4.79 Å². The molecule has 0 saturated carbocycles. The predicted octanol–water partition coefficient (Wildman–Crippen LogP) is -1.55. The van der Waals surface area contributed by atoms with Crippen molar-refractivity contribution in [2.24, 2.45) is 0 Å². The highest BCUT2D eigenvalue weighted by atomic mass is 16.4. The molecule has 0 bridgehead atoms. The topological polar surface area (TPSA) is 136 Å². The molecule has 0 aliphatic carbocycles. The number of hydrogen-bond acceptors (Lipinski definition) is 4. The van der Waals surface area contributed by atoms with Crippen LogP contribution >= 0.6 is 0 Å². The van der Waals surface area contributed by atoms with Gasteiger partial charge in [0.2, 0.25) is 5.91 Å². The summed E-state index contributed by atoms with van der Waals surface area (Å²) in [4.78, 5) is 39.8. The van der Waals surface area contributed by atoms with Gasteiger partial charge in [0, 0.05) is 25.4 Å². The molecular weight excluding hydrogens is 254 g/mol. The largest absolute Gasteiger partial charge is 0.480 e. The van der Waals surface area contributed by atoms with Crippen LogP contribution in [0.4, 0.5) is 4.79 Å². The van der Waals surface area contributed by atoms with Crippen LogP contribution in [0.1, 0.15) is 5.69 Å². The number of amides is 3. The van der Waals surface area contributed by atoms with Crippen molar-refractivity contribution in [2.75, 3.05) is 13.6 Å². The number of urea groups is 1. The first-order valence-corrected chi connectivity index (χ1v) is 5.48. The Balaban J connectivity index is 2.47. The molecule has 3 amide bonds. The zero-order chi connectivity index (χ0) is 14.3. The molecule has 0 aromatic carbocycles. The van der Waals surface area contributed by atoms with Crippen molar-refractivity contribution >= 4 is 17.9 Å². The molecule has 1 atom stereocenters. The number of imidazole rings is 1. The maximum Gasteiger partial charge on any atom is 0.326 e. The number of rotatable bonds is 6. The number of aliphatic carboxylic acids is 1. The molecule has 0 saturated heterocycles. The van der Waals surface area contributed by atoms with E-state index in [-0.39, 0.29) is 18.9 Å². The normalized spacial score (nSPS) is 11.4. The lowest BCUT2D eigenvalue weighted by Crippen LogP contribution is -2.49. The Morgan fingerprint density at radius 2 is 2.21 bits per heavy atom. The Kier molecular flexibility index (Phi) is 5.33. The second-order valence-corrected chi connectivity index (χ2v) is 3.67. The number of nitrogens with one attached hydrogen (secondary N) is 4. The molecule has 0 aliphatic heterocycles. The zero-order valence-electron chi connectivity index (χ0n) is 10.3. The van der Waals surface area contributed by atoms with Gasteiger partial charge in [0.15, 0.2) is 0 Å². The van der Waals surface area contributed by atoms with Crippen LogP contribution in [0, 0.1) is 0 Å². The number of likely N-dealkylation sites (N-methyl/N-ethyl adjacent to an activating group) is 1. The molecule has 9 heteroatoms. The van der Waals surface area contributed by atoms with E-state index in [2.05, 4.69) is 25.9 Å². The van der Waals surface area contributed by atoms with Gasteiger partial charge in [0.25, 0.3) is 0 Å². The Hall–Kier alpha value is -2.58. The van der Waals surface area contributed by atoms with Crippen molar-refractivity contribution in [1.29, 1.82) is 0 Å². The van der Waals surface area contributed by atoms with E-state index in [1.807, 2.05) is 0 Å². The summed E-state index contributed by atoms with van der Waals surface area (Å²) in [7, 11) is 1.43. The first kappa shape index (κ1) is 14.5. The average molecular weight is 269 g/mol. The Morgan fingerprint density at radius 3 is 2.74 bits per heavy atom. The van der Waals surface area contributed by atoms with Gasteiger partial charge in [-0.2, -0.15) is 0 Å². The third-order valence-electron chi connectivity index (χ3n) is 2.27. The molecule has 19 heavy (non-hydrogen) atoms. The lowest BCUT2D eigenvalue weighted by atomic mass is 10.2. The summed E-state index contributed by atoms with van der Waals surface area (Å²) in [6.07, 6.45) is 2.96. The Labute approximate surface area is 108 Å². The van der Waals surface area contributed by atoms with Gasteiger partial charge in [0.1, 0.15) is 6.04 Å². The average Bonchev–Trinajstić information content (AvgIpc) is 2.87. The third kappa shape index (κ3) is 5.06. The van der Waals surface area contributed by atoms with E-state index >= 15 is 0 Å². The highest BCUT2D eigenvalue weighted by Gasteiger charge is 2.21. The van der Waals surface area contributed by atoms with Crippen LogP contribution in [-0.2, 0) is 16.0 Å². The van der Waals surface area contributed by atoms with Gasteiger partial charge in [-0.25, -0.2) is 14.6 Å². The van der Waals surface area contributed by atoms with Crippen molar-refractivity contribution in [3.8, 4) is 0 Å². The number of carboxylic acid groups (broad SMARTS) is 1. The van der Waals surface area contributed by atoms with Gasteiger partial charge in [-0.1, -0.05) is 0 Å². The summed E-state index contributed by atoms with van der Waals surface area (Å²) in [5.74, 6) is -1.56. The molecule has 1 rings (SSSR count).